The summed E-state index contributed by atoms with van der Waals surface area (Å²) < 4.78 is 38.9. The molecule has 0 aliphatic carbocycles. The zero-order valence-electron chi connectivity index (χ0n) is 8.41. The monoisotopic (exact) mass is 244 g/mol. The molecule has 4 nitrogen and oxygen atoms in total. The number of carbonyl (C=O) groups is 1. The van der Waals surface area contributed by atoms with Gasteiger partial charge in [0.1, 0.15) is 5.82 Å². The second-order valence-corrected chi connectivity index (χ2v) is 3.30. The van der Waals surface area contributed by atoms with E-state index in [1.807, 2.05) is 0 Å². The van der Waals surface area contributed by atoms with Crippen LogP contribution in [0.5, 0.6) is 0 Å². The van der Waals surface area contributed by atoms with Crippen LogP contribution in [0.25, 0.3) is 6.08 Å². The minimum absolute atomic E-state index is 0.0427. The van der Waals surface area contributed by atoms with E-state index >= 15 is 0 Å². The van der Waals surface area contributed by atoms with Crippen molar-refractivity contribution < 1.29 is 22.7 Å². The number of fused-ring (bicyclic) bond motifs is 1. The molecule has 0 atom stereocenters. The number of pyridine rings is 1. The number of halogens is 3. The zero-order valence-corrected chi connectivity index (χ0v) is 8.41. The van der Waals surface area contributed by atoms with Crippen LogP contribution in [0, 0.1) is 0 Å². The SMILES string of the molecule is O=C(OC(F)(F)F)C1=Cc2cccnc2NC1. The maximum atomic E-state index is 11.9. The minimum atomic E-state index is -4.97. The lowest BCUT2D eigenvalue weighted by Gasteiger charge is -2.17. The minimum Gasteiger partial charge on any atom is -0.369 e. The van der Waals surface area contributed by atoms with E-state index in [1.165, 1.54) is 6.08 Å². The van der Waals surface area contributed by atoms with E-state index in [0.29, 0.717) is 11.4 Å². The van der Waals surface area contributed by atoms with Crippen molar-refractivity contribution in [1.82, 2.24) is 4.98 Å². The first kappa shape index (κ1) is 11.4. The number of esters is 1. The lowest BCUT2D eigenvalue weighted by molar-refractivity contribution is -0.303. The van der Waals surface area contributed by atoms with Crippen LogP contribution in [0.4, 0.5) is 19.0 Å². The summed E-state index contributed by atoms with van der Waals surface area (Å²) in [5, 5.41) is 2.73. The number of nitrogens with zero attached hydrogens (tertiary/aromatic N) is 1. The van der Waals surface area contributed by atoms with E-state index in [-0.39, 0.29) is 12.1 Å². The Kier molecular flexibility index (Phi) is 2.74. The number of aromatic nitrogens is 1. The molecule has 2 rings (SSSR count). The van der Waals surface area contributed by atoms with Gasteiger partial charge in [0, 0.05) is 18.3 Å². The van der Waals surface area contributed by atoms with Gasteiger partial charge in [0.15, 0.2) is 0 Å². The average molecular weight is 244 g/mol. The molecule has 1 aromatic rings. The van der Waals surface area contributed by atoms with Gasteiger partial charge in [-0.25, -0.2) is 9.78 Å². The molecule has 2 heterocycles. The highest BCUT2D eigenvalue weighted by atomic mass is 19.4. The fourth-order valence-electron chi connectivity index (χ4n) is 1.40. The molecular formula is C10H7F3N2O2. The van der Waals surface area contributed by atoms with Crippen LogP contribution >= 0.6 is 0 Å². The van der Waals surface area contributed by atoms with E-state index in [0.717, 1.165) is 0 Å². The van der Waals surface area contributed by atoms with E-state index < -0.39 is 12.3 Å². The summed E-state index contributed by atoms with van der Waals surface area (Å²) in [6, 6.07) is 3.25. The summed E-state index contributed by atoms with van der Waals surface area (Å²) in [6.45, 7) is -0.0427. The van der Waals surface area contributed by atoms with E-state index in [9.17, 15) is 18.0 Å². The lowest BCUT2D eigenvalue weighted by Crippen LogP contribution is -2.25. The number of nitrogens with one attached hydrogen (secondary N) is 1. The van der Waals surface area contributed by atoms with Crippen molar-refractivity contribution in [2.24, 2.45) is 0 Å². The summed E-state index contributed by atoms with van der Waals surface area (Å²) in [5.74, 6) is -0.879. The molecule has 0 spiro atoms. The predicted molar refractivity (Wildman–Crippen MR) is 52.9 cm³/mol. The van der Waals surface area contributed by atoms with Crippen molar-refractivity contribution in [3.8, 4) is 0 Å². The summed E-state index contributed by atoms with van der Waals surface area (Å²) in [5.41, 5.74) is 0.454. The average Bonchev–Trinajstić information content (AvgIpc) is 2.26. The third-order valence-electron chi connectivity index (χ3n) is 2.09. The first-order chi connectivity index (χ1) is 7.96. The molecule has 0 amide bonds. The van der Waals surface area contributed by atoms with Gasteiger partial charge >= 0.3 is 12.3 Å². The van der Waals surface area contributed by atoms with Crippen molar-refractivity contribution in [2.45, 2.75) is 6.36 Å². The number of hydrogen-bond acceptors (Lipinski definition) is 4. The number of carbonyl (C=O) groups excluding carboxylic acids is 1. The second-order valence-electron chi connectivity index (χ2n) is 3.30. The van der Waals surface area contributed by atoms with Gasteiger partial charge in [-0.2, -0.15) is 0 Å². The van der Waals surface area contributed by atoms with E-state index in [1.54, 1.807) is 18.3 Å². The first-order valence-corrected chi connectivity index (χ1v) is 4.65. The topological polar surface area (TPSA) is 51.2 Å². The largest absolute Gasteiger partial charge is 0.575 e. The molecule has 90 valence electrons. The maximum absolute atomic E-state index is 11.9. The van der Waals surface area contributed by atoms with Gasteiger partial charge in [-0.1, -0.05) is 0 Å². The molecule has 0 saturated heterocycles. The molecule has 17 heavy (non-hydrogen) atoms. The van der Waals surface area contributed by atoms with Gasteiger partial charge < -0.3 is 10.1 Å². The van der Waals surface area contributed by atoms with Crippen molar-refractivity contribution >= 4 is 17.9 Å². The highest BCUT2D eigenvalue weighted by molar-refractivity contribution is 5.96. The second kappa shape index (κ2) is 4.08. The van der Waals surface area contributed by atoms with Crippen LogP contribution < -0.4 is 5.32 Å². The number of hydrogen-bond donors (Lipinski definition) is 1. The Hall–Kier alpha value is -2.05. The van der Waals surface area contributed by atoms with E-state index in [2.05, 4.69) is 15.0 Å². The van der Waals surface area contributed by atoms with Gasteiger partial charge in [0.2, 0.25) is 0 Å². The van der Waals surface area contributed by atoms with Crippen molar-refractivity contribution in [2.75, 3.05) is 11.9 Å². The van der Waals surface area contributed by atoms with Gasteiger partial charge in [0.05, 0.1) is 5.57 Å². The fraction of sp³-hybridized carbons (Fsp3) is 0.200. The van der Waals surface area contributed by atoms with Gasteiger partial charge in [-0.3, -0.25) is 0 Å². The molecule has 0 unspecified atom stereocenters. The third kappa shape index (κ3) is 2.74. The van der Waals surface area contributed by atoms with Crippen molar-refractivity contribution in [1.29, 1.82) is 0 Å². The highest BCUT2D eigenvalue weighted by Gasteiger charge is 2.35. The Morgan fingerprint density at radius 3 is 2.94 bits per heavy atom. The molecule has 0 fully saturated rings. The zero-order chi connectivity index (χ0) is 12.5. The molecule has 0 saturated carbocycles. The summed E-state index contributed by atoms with van der Waals surface area (Å²) in [4.78, 5) is 15.1. The molecule has 1 aliphatic heterocycles. The molecule has 1 aromatic heterocycles. The number of alkyl halides is 3. The molecular weight excluding hydrogens is 237 g/mol. The Labute approximate surface area is 94.1 Å². The van der Waals surface area contributed by atoms with Crippen LogP contribution in [0.1, 0.15) is 5.56 Å². The molecule has 1 N–H and O–H groups in total. The van der Waals surface area contributed by atoms with Gasteiger partial charge in [-0.05, 0) is 18.2 Å². The number of anilines is 1. The van der Waals surface area contributed by atoms with Gasteiger partial charge in [0.25, 0.3) is 0 Å². The first-order valence-electron chi connectivity index (χ1n) is 4.65. The number of ether oxygens (including phenoxy) is 1. The van der Waals surface area contributed by atoms with Crippen LogP contribution in [0.2, 0.25) is 0 Å². The quantitative estimate of drug-likeness (QED) is 0.767. The third-order valence-corrected chi connectivity index (χ3v) is 2.09. The van der Waals surface area contributed by atoms with Crippen LogP contribution in [0.15, 0.2) is 23.9 Å². The lowest BCUT2D eigenvalue weighted by atomic mass is 10.1. The normalized spacial score (nSPS) is 14.4. The Morgan fingerprint density at radius 2 is 2.24 bits per heavy atom. The molecule has 0 radical (unpaired) electrons. The molecule has 7 heteroatoms. The molecule has 0 bridgehead atoms. The maximum Gasteiger partial charge on any atom is 0.575 e. The summed E-state index contributed by atoms with van der Waals surface area (Å²) in [6.07, 6.45) is -2.10. The molecule has 0 aromatic carbocycles. The highest BCUT2D eigenvalue weighted by Crippen LogP contribution is 2.24. The van der Waals surface area contributed by atoms with Gasteiger partial charge in [-0.15, -0.1) is 13.2 Å². The standard InChI is InChI=1S/C10H7F3N2O2/c11-10(12,13)17-9(16)7-4-6-2-1-3-14-8(6)15-5-7/h1-4H,5H2,(H,14,15). The Bertz CT molecular complexity index is 483. The van der Waals surface area contributed by atoms with E-state index in [4.69, 9.17) is 0 Å². The van der Waals surface area contributed by atoms with Crippen molar-refractivity contribution in [3.63, 3.8) is 0 Å². The fourth-order valence-corrected chi connectivity index (χ4v) is 1.40. The Morgan fingerprint density at radius 1 is 1.47 bits per heavy atom. The molecule has 1 aliphatic rings. The summed E-state index contributed by atoms with van der Waals surface area (Å²) >= 11 is 0. The number of rotatable bonds is 1. The van der Waals surface area contributed by atoms with Crippen LogP contribution in [-0.4, -0.2) is 23.9 Å². The van der Waals surface area contributed by atoms with Crippen molar-refractivity contribution in [3.05, 3.63) is 29.5 Å². The smallest absolute Gasteiger partial charge is 0.369 e. The van der Waals surface area contributed by atoms with Crippen LogP contribution in [-0.2, 0) is 9.53 Å². The summed E-state index contributed by atoms with van der Waals surface area (Å²) in [7, 11) is 0. The Balaban J connectivity index is 2.20. The predicted octanol–water partition coefficient (Wildman–Crippen LogP) is 1.95. The van der Waals surface area contributed by atoms with Crippen LogP contribution in [0.3, 0.4) is 0 Å².